The molecule has 0 nitrogen and oxygen atoms in total. The number of rotatable bonds is 1. The summed E-state index contributed by atoms with van der Waals surface area (Å²) < 4.78 is 0. The van der Waals surface area contributed by atoms with Crippen LogP contribution in [0.5, 0.6) is 0 Å². The van der Waals surface area contributed by atoms with Crippen molar-refractivity contribution < 1.29 is 60.2 Å². The maximum atomic E-state index is 3.30. The molecule has 0 heterocycles. The maximum absolute atomic E-state index is 3.30. The number of hydrogen-bond donors (Lipinski definition) is 0. The fourth-order valence-corrected chi connectivity index (χ4v) is 3.82. The number of halogens is 2. The third kappa shape index (κ3) is 5.37. The van der Waals surface area contributed by atoms with Crippen molar-refractivity contribution in [2.24, 2.45) is 0 Å². The van der Waals surface area contributed by atoms with Gasteiger partial charge in [-0.3, -0.25) is 0 Å². The smallest absolute Gasteiger partial charge is 1.00 e. The van der Waals surface area contributed by atoms with E-state index < -0.39 is 0 Å². The van der Waals surface area contributed by atoms with E-state index in [4.69, 9.17) is 0 Å². The molecular formula is C24H26Br2Zr. The number of benzene rings is 2. The van der Waals surface area contributed by atoms with E-state index in [1.54, 1.807) is 5.56 Å². The summed E-state index contributed by atoms with van der Waals surface area (Å²) >= 11 is 0. The van der Waals surface area contributed by atoms with Crippen LogP contribution in [-0.4, -0.2) is 0 Å². The first-order valence-corrected chi connectivity index (χ1v) is 8.84. The third-order valence-corrected chi connectivity index (χ3v) is 5.56. The summed E-state index contributed by atoms with van der Waals surface area (Å²) in [5, 5.41) is 0. The Bertz CT molecular complexity index is 809. The van der Waals surface area contributed by atoms with Crippen molar-refractivity contribution in [3.8, 4) is 11.1 Å². The summed E-state index contributed by atoms with van der Waals surface area (Å²) in [4.78, 5) is 0. The van der Waals surface area contributed by atoms with Gasteiger partial charge in [0.05, 0.1) is 0 Å². The third-order valence-electron chi connectivity index (χ3n) is 5.56. The van der Waals surface area contributed by atoms with Gasteiger partial charge < -0.3 is 34.0 Å². The van der Waals surface area contributed by atoms with Gasteiger partial charge in [-0.2, -0.15) is 57.6 Å². The van der Waals surface area contributed by atoms with Crippen LogP contribution < -0.4 is 34.0 Å². The minimum absolute atomic E-state index is 0. The first-order chi connectivity index (χ1) is 11.5. The zero-order valence-corrected chi connectivity index (χ0v) is 22.3. The summed E-state index contributed by atoms with van der Waals surface area (Å²) in [5.41, 5.74) is 13.0. The molecule has 0 aromatic heterocycles. The quantitative estimate of drug-likeness (QED) is 0.291. The normalized spacial score (nSPS) is 10.3. The summed E-state index contributed by atoms with van der Waals surface area (Å²) in [5.74, 6) is 0. The summed E-state index contributed by atoms with van der Waals surface area (Å²) in [6, 6.07) is 18.1. The number of fused-ring (bicyclic) bond motifs is 3. The molecule has 0 fully saturated rings. The van der Waals surface area contributed by atoms with Crippen molar-refractivity contribution in [2.45, 2.75) is 47.5 Å². The van der Waals surface area contributed by atoms with Crippen molar-refractivity contribution in [1.82, 2.24) is 0 Å². The fourth-order valence-electron chi connectivity index (χ4n) is 3.82. The molecule has 0 unspecified atom stereocenters. The van der Waals surface area contributed by atoms with E-state index >= 15 is 0 Å². The predicted molar refractivity (Wildman–Crippen MR) is 104 cm³/mol. The van der Waals surface area contributed by atoms with Gasteiger partial charge in [0.2, 0.25) is 0 Å². The molecule has 27 heavy (non-hydrogen) atoms. The van der Waals surface area contributed by atoms with E-state index in [0.717, 1.165) is 6.42 Å². The van der Waals surface area contributed by atoms with Gasteiger partial charge >= 0.3 is 26.2 Å². The summed E-state index contributed by atoms with van der Waals surface area (Å²) in [6.45, 7) is 11.1. The summed E-state index contributed by atoms with van der Waals surface area (Å²) in [7, 11) is 0. The van der Waals surface area contributed by atoms with E-state index in [-0.39, 0.29) is 60.2 Å². The second-order valence-corrected chi connectivity index (χ2v) is 6.73. The molecule has 0 amide bonds. The van der Waals surface area contributed by atoms with Gasteiger partial charge in [0.15, 0.2) is 0 Å². The monoisotopic (exact) mass is 562 g/mol. The topological polar surface area (TPSA) is 0 Å². The zero-order valence-electron chi connectivity index (χ0n) is 16.7. The first-order valence-electron chi connectivity index (χ1n) is 8.84. The van der Waals surface area contributed by atoms with Crippen LogP contribution in [0.4, 0.5) is 0 Å². The standard InChI is InChI=1S/C13H9.C11H17.2BrH.Zr/c1-3-7-12-10(5-1)9-11-6-2-4-8-13(11)12;1-6-11-9(4)7(2)8(3)10(11)5;;;/h1-5,7-8H,9H2;6H2,1-5H3;2*1H;/q2*-1;;;+4/p-2. The molecule has 0 bridgehead atoms. The molecule has 0 saturated carbocycles. The molecule has 0 N–H and O–H groups in total. The second kappa shape index (κ2) is 11.6. The molecule has 0 atom stereocenters. The average Bonchev–Trinajstić information content (AvgIpc) is 3.07. The Kier molecular flexibility index (Phi) is 11.4. The van der Waals surface area contributed by atoms with E-state index in [1.807, 2.05) is 6.07 Å². The van der Waals surface area contributed by atoms with E-state index in [2.05, 4.69) is 77.1 Å². The second-order valence-electron chi connectivity index (χ2n) is 6.73. The molecule has 0 aliphatic heterocycles. The Labute approximate surface area is 204 Å². The maximum Gasteiger partial charge on any atom is 4.00 e. The van der Waals surface area contributed by atoms with Gasteiger partial charge in [0.1, 0.15) is 0 Å². The van der Waals surface area contributed by atoms with Gasteiger partial charge in [-0.15, -0.1) is 5.56 Å². The fraction of sp³-hybridized carbons (Fsp3) is 0.292. The Morgan fingerprint density at radius 1 is 0.852 bits per heavy atom. The molecule has 4 rings (SSSR count). The molecule has 3 heteroatoms. The zero-order chi connectivity index (χ0) is 17.3. The Morgan fingerprint density at radius 3 is 1.96 bits per heavy atom. The van der Waals surface area contributed by atoms with Crippen LogP contribution >= 0.6 is 0 Å². The van der Waals surface area contributed by atoms with Crippen molar-refractivity contribution in [2.75, 3.05) is 0 Å². The molecule has 1 aliphatic rings. The van der Waals surface area contributed by atoms with E-state index in [1.165, 1.54) is 50.9 Å². The predicted octanol–water partition coefficient (Wildman–Crippen LogP) is 0.265. The van der Waals surface area contributed by atoms with Crippen molar-refractivity contribution in [1.29, 1.82) is 0 Å². The van der Waals surface area contributed by atoms with Gasteiger partial charge in [0, 0.05) is 0 Å². The minimum atomic E-state index is 0. The molecule has 0 spiro atoms. The van der Waals surface area contributed by atoms with Crippen LogP contribution in [0.3, 0.4) is 0 Å². The Hall–Kier alpha value is -0.367. The van der Waals surface area contributed by atoms with Crippen LogP contribution in [-0.2, 0) is 39.0 Å². The molecule has 1 aliphatic carbocycles. The van der Waals surface area contributed by atoms with E-state index in [0.29, 0.717) is 0 Å². The Morgan fingerprint density at radius 2 is 1.41 bits per heavy atom. The van der Waals surface area contributed by atoms with Crippen LogP contribution in [0, 0.1) is 33.8 Å². The number of hydrogen-bond acceptors (Lipinski definition) is 0. The van der Waals surface area contributed by atoms with Gasteiger partial charge in [-0.25, -0.2) is 0 Å². The van der Waals surface area contributed by atoms with Crippen LogP contribution in [0.25, 0.3) is 11.1 Å². The first kappa shape index (κ1) is 26.6. The van der Waals surface area contributed by atoms with Crippen molar-refractivity contribution in [3.63, 3.8) is 0 Å². The average molecular weight is 566 g/mol. The van der Waals surface area contributed by atoms with Gasteiger partial charge in [-0.1, -0.05) is 76.4 Å². The van der Waals surface area contributed by atoms with Crippen molar-refractivity contribution >= 4 is 0 Å². The van der Waals surface area contributed by atoms with Crippen LogP contribution in [0.1, 0.15) is 45.9 Å². The van der Waals surface area contributed by atoms with Crippen molar-refractivity contribution in [3.05, 3.63) is 87.5 Å². The molecule has 3 aromatic rings. The SMILES string of the molecule is CC[c-]1c(C)c(C)c(C)c1C.[Br-].[Br-].[Zr+4].[c-]1cccc2c1Cc1ccccc1-2. The molecular weight excluding hydrogens is 539 g/mol. The molecule has 0 radical (unpaired) electrons. The Balaban J connectivity index is 0.000000457. The largest absolute Gasteiger partial charge is 4.00 e. The minimum Gasteiger partial charge on any atom is -1.00 e. The van der Waals surface area contributed by atoms with Gasteiger partial charge in [0.25, 0.3) is 0 Å². The molecule has 0 saturated heterocycles. The molecule has 3 aromatic carbocycles. The summed E-state index contributed by atoms with van der Waals surface area (Å²) in [6.07, 6.45) is 2.22. The van der Waals surface area contributed by atoms with E-state index in [9.17, 15) is 0 Å². The van der Waals surface area contributed by atoms with Crippen LogP contribution in [0.15, 0.2) is 42.5 Å². The van der Waals surface area contributed by atoms with Gasteiger partial charge in [-0.05, 0) is 6.42 Å². The van der Waals surface area contributed by atoms with Crippen LogP contribution in [0.2, 0.25) is 0 Å². The molecule has 140 valence electrons.